The van der Waals surface area contributed by atoms with Gasteiger partial charge in [-0.25, -0.2) is 14.4 Å². The van der Waals surface area contributed by atoms with E-state index in [1.54, 1.807) is 97.0 Å². The summed E-state index contributed by atoms with van der Waals surface area (Å²) in [6.07, 6.45) is -10.1. The molecule has 1 aliphatic heterocycles. The van der Waals surface area contributed by atoms with Crippen LogP contribution in [-0.4, -0.2) is 104 Å². The Labute approximate surface area is 338 Å². The van der Waals surface area contributed by atoms with Crippen molar-refractivity contribution in [3.8, 4) is 0 Å². The number of carbonyl (C=O) groups excluding carboxylic acids is 4. The zero-order valence-corrected chi connectivity index (χ0v) is 34.2. The summed E-state index contributed by atoms with van der Waals surface area (Å²) < 4.78 is 29.9. The van der Waals surface area contributed by atoms with Gasteiger partial charge in [-0.1, -0.05) is 75.9 Å². The Hall–Kier alpha value is -4.60. The number of esters is 3. The van der Waals surface area contributed by atoms with Crippen molar-refractivity contribution < 1.29 is 63.3 Å². The van der Waals surface area contributed by atoms with Crippen LogP contribution in [0.25, 0.3) is 0 Å². The van der Waals surface area contributed by atoms with Crippen LogP contribution in [0.3, 0.4) is 0 Å². The molecule has 58 heavy (non-hydrogen) atoms. The SMILES string of the molecule is C=C1[C@H](O)C2=C(C)[C@@H](OC(=O)[C@H](O)[C@@H](NC(=O)OC(C)(C)C)c3ccccc3)C[C@@](O)([C@@H](OC(=O)c3ccccc3)C3[C@@]1(C)[C@@H](O)C[C@H]1OC[C@@]31OC(C)=O)C2(C)C. The van der Waals surface area contributed by atoms with E-state index in [9.17, 15) is 39.6 Å². The highest BCUT2D eigenvalue weighted by Gasteiger charge is 2.76. The number of aliphatic hydroxyl groups excluding tert-OH is 3. The molecule has 4 aliphatic rings. The van der Waals surface area contributed by atoms with Crippen molar-refractivity contribution in [2.24, 2.45) is 16.7 Å². The van der Waals surface area contributed by atoms with Crippen molar-refractivity contribution in [1.82, 2.24) is 5.32 Å². The van der Waals surface area contributed by atoms with Crippen LogP contribution in [0.2, 0.25) is 0 Å². The molecule has 14 heteroatoms. The summed E-state index contributed by atoms with van der Waals surface area (Å²) in [5.41, 5.74) is -6.65. The number of aliphatic hydroxyl groups is 4. The van der Waals surface area contributed by atoms with Gasteiger partial charge in [0, 0.05) is 30.6 Å². The first-order valence-electron chi connectivity index (χ1n) is 19.5. The summed E-state index contributed by atoms with van der Waals surface area (Å²) in [7, 11) is 0. The molecule has 11 atom stereocenters. The van der Waals surface area contributed by atoms with Crippen molar-refractivity contribution in [3.63, 3.8) is 0 Å². The average Bonchev–Trinajstić information content (AvgIpc) is 3.14. The number of fused-ring (bicyclic) bond motifs is 5. The lowest BCUT2D eigenvalue weighted by Crippen LogP contribution is -2.80. The molecule has 1 amide bonds. The predicted octanol–water partition coefficient (Wildman–Crippen LogP) is 4.25. The Kier molecular flexibility index (Phi) is 11.3. The molecular formula is C44H55NO13. The van der Waals surface area contributed by atoms with Crippen molar-refractivity contribution in [3.05, 3.63) is 95.1 Å². The fourth-order valence-electron chi connectivity index (χ4n) is 9.70. The molecule has 0 aromatic heterocycles. The molecule has 0 spiro atoms. The molecule has 1 saturated heterocycles. The Balaban J connectivity index is 1.49. The second kappa shape index (κ2) is 15.2. The summed E-state index contributed by atoms with van der Waals surface area (Å²) >= 11 is 0. The van der Waals surface area contributed by atoms with E-state index >= 15 is 0 Å². The lowest BCUT2D eigenvalue weighted by Gasteiger charge is -2.68. The van der Waals surface area contributed by atoms with Gasteiger partial charge < -0.3 is 49.4 Å². The van der Waals surface area contributed by atoms with Crippen LogP contribution in [0.1, 0.15) is 90.2 Å². The second-order valence-corrected chi connectivity index (χ2v) is 17.7. The zero-order chi connectivity index (χ0) is 42.7. The minimum atomic E-state index is -2.24. The van der Waals surface area contributed by atoms with Crippen LogP contribution in [0.5, 0.6) is 0 Å². The third-order valence-corrected chi connectivity index (χ3v) is 12.8. The Morgan fingerprint density at radius 2 is 1.57 bits per heavy atom. The quantitative estimate of drug-likeness (QED) is 0.144. The maximum absolute atomic E-state index is 14.2. The van der Waals surface area contributed by atoms with Gasteiger partial charge in [0.05, 0.1) is 36.3 Å². The lowest BCUT2D eigenvalue weighted by atomic mass is 9.44. The number of hydrogen-bond acceptors (Lipinski definition) is 13. The number of nitrogens with one attached hydrogen (secondary N) is 1. The first kappa shape index (κ1) is 43.0. The van der Waals surface area contributed by atoms with Crippen molar-refractivity contribution in [2.75, 3.05) is 6.61 Å². The number of carbonyl (C=O) groups is 4. The minimum Gasteiger partial charge on any atom is -0.456 e. The van der Waals surface area contributed by atoms with Gasteiger partial charge in [0.2, 0.25) is 0 Å². The Morgan fingerprint density at radius 1 is 0.966 bits per heavy atom. The Morgan fingerprint density at radius 3 is 2.12 bits per heavy atom. The van der Waals surface area contributed by atoms with E-state index < -0.39 is 107 Å². The minimum absolute atomic E-state index is 0.0245. The van der Waals surface area contributed by atoms with E-state index in [2.05, 4.69) is 11.9 Å². The van der Waals surface area contributed by atoms with Crippen molar-refractivity contribution in [2.45, 2.75) is 128 Å². The van der Waals surface area contributed by atoms with Gasteiger partial charge in [-0.15, -0.1) is 0 Å². The molecule has 2 saturated carbocycles. The normalized spacial score (nSPS) is 33.7. The van der Waals surface area contributed by atoms with Crippen LogP contribution in [0.15, 0.2) is 84.0 Å². The fourth-order valence-corrected chi connectivity index (χ4v) is 9.70. The van der Waals surface area contributed by atoms with Crippen LogP contribution < -0.4 is 5.32 Å². The van der Waals surface area contributed by atoms with Gasteiger partial charge in [0.25, 0.3) is 0 Å². The molecule has 1 unspecified atom stereocenters. The molecule has 0 radical (unpaired) electrons. The summed E-state index contributed by atoms with van der Waals surface area (Å²) in [6.45, 7) is 16.9. The van der Waals surface area contributed by atoms with Gasteiger partial charge >= 0.3 is 24.0 Å². The van der Waals surface area contributed by atoms with Gasteiger partial charge in [0.1, 0.15) is 29.5 Å². The number of benzene rings is 2. The van der Waals surface area contributed by atoms with E-state index in [1.165, 1.54) is 19.1 Å². The number of hydrogen-bond donors (Lipinski definition) is 5. The van der Waals surface area contributed by atoms with Crippen LogP contribution in [0.4, 0.5) is 4.79 Å². The predicted molar refractivity (Wildman–Crippen MR) is 208 cm³/mol. The van der Waals surface area contributed by atoms with Crippen molar-refractivity contribution >= 4 is 24.0 Å². The van der Waals surface area contributed by atoms with Crippen LogP contribution in [-0.2, 0) is 33.3 Å². The highest BCUT2D eigenvalue weighted by Crippen LogP contribution is 2.66. The molecular weight excluding hydrogens is 750 g/mol. The van der Waals surface area contributed by atoms with E-state index in [0.717, 1.165) is 0 Å². The molecule has 2 aromatic rings. The third-order valence-electron chi connectivity index (χ3n) is 12.8. The molecule has 1 heterocycles. The van der Waals surface area contributed by atoms with E-state index in [-0.39, 0.29) is 29.7 Å². The first-order chi connectivity index (χ1) is 27.0. The monoisotopic (exact) mass is 805 g/mol. The van der Waals surface area contributed by atoms with E-state index in [4.69, 9.17) is 23.7 Å². The highest BCUT2D eigenvalue weighted by molar-refractivity contribution is 5.89. The number of amides is 1. The maximum Gasteiger partial charge on any atom is 0.408 e. The Bertz CT molecular complexity index is 1970. The molecule has 6 rings (SSSR count). The number of ether oxygens (including phenoxy) is 5. The van der Waals surface area contributed by atoms with Gasteiger partial charge in [-0.3, -0.25) is 4.79 Å². The topological polar surface area (TPSA) is 207 Å². The standard InChI is InChI=1S/C44H55NO13/c1-23-28(55-38(51)34(49)32(26-16-12-10-13-17-26)45-39(52)58-40(4,5)6)21-44(53)36(56-37(50)27-18-14-11-15-19-27)35-42(9,24(2)33(48)31(23)41(44,7)8)29(47)20-30-43(35,22-54-30)57-25(3)46/h10-19,28-30,32-36,47-49,53H,2,20-22H2,1,3-9H3,(H,45,52)/t28-,29-,30+,32-,33-,34+,35?,36-,42+,43-,44+/m0/s1. The zero-order valence-electron chi connectivity index (χ0n) is 34.2. The smallest absolute Gasteiger partial charge is 0.408 e. The van der Waals surface area contributed by atoms with Crippen LogP contribution in [0, 0.1) is 16.7 Å². The number of alkyl carbamates (subject to hydrolysis) is 1. The molecule has 3 fully saturated rings. The molecule has 2 aromatic carbocycles. The molecule has 14 nitrogen and oxygen atoms in total. The molecule has 5 N–H and O–H groups in total. The summed E-state index contributed by atoms with van der Waals surface area (Å²) in [5, 5.41) is 52.1. The second-order valence-electron chi connectivity index (χ2n) is 17.7. The van der Waals surface area contributed by atoms with Crippen molar-refractivity contribution in [1.29, 1.82) is 0 Å². The van der Waals surface area contributed by atoms with E-state index in [1.807, 2.05) is 0 Å². The van der Waals surface area contributed by atoms with Gasteiger partial charge in [-0.05, 0) is 62.1 Å². The highest BCUT2D eigenvalue weighted by atomic mass is 16.6. The average molecular weight is 806 g/mol. The molecule has 314 valence electrons. The first-order valence-corrected chi connectivity index (χ1v) is 19.5. The largest absolute Gasteiger partial charge is 0.456 e. The third kappa shape index (κ3) is 7.12. The fraction of sp³-hybridized carbons (Fsp3) is 0.545. The van der Waals surface area contributed by atoms with Gasteiger partial charge in [0.15, 0.2) is 11.7 Å². The van der Waals surface area contributed by atoms with Gasteiger partial charge in [-0.2, -0.15) is 0 Å². The van der Waals surface area contributed by atoms with Crippen LogP contribution >= 0.6 is 0 Å². The lowest BCUT2D eigenvalue weighted by molar-refractivity contribution is -0.346. The maximum atomic E-state index is 14.2. The molecule has 3 aliphatic carbocycles. The summed E-state index contributed by atoms with van der Waals surface area (Å²) in [6, 6.07) is 15.0. The summed E-state index contributed by atoms with van der Waals surface area (Å²) in [4.78, 5) is 54.2. The molecule has 2 bridgehead atoms. The number of rotatable bonds is 8. The van der Waals surface area contributed by atoms with E-state index in [0.29, 0.717) is 11.1 Å². The summed E-state index contributed by atoms with van der Waals surface area (Å²) in [5.74, 6) is -3.98.